The molecule has 0 amide bonds. The summed E-state index contributed by atoms with van der Waals surface area (Å²) in [5.74, 6) is 0.709. The number of hydrogen-bond acceptors (Lipinski definition) is 3. The van der Waals surface area contributed by atoms with E-state index < -0.39 is 0 Å². The van der Waals surface area contributed by atoms with Gasteiger partial charge in [0.05, 0.1) is 6.61 Å². The zero-order valence-corrected chi connectivity index (χ0v) is 7.97. The van der Waals surface area contributed by atoms with Crippen LogP contribution in [0.5, 0.6) is 0 Å². The summed E-state index contributed by atoms with van der Waals surface area (Å²) in [5.41, 5.74) is 7.21. The molecule has 4 N–H and O–H groups in total. The van der Waals surface area contributed by atoms with Crippen molar-refractivity contribution in [2.45, 2.75) is 12.4 Å². The van der Waals surface area contributed by atoms with Crippen LogP contribution in [0.2, 0.25) is 0 Å². The second-order valence-electron chi connectivity index (χ2n) is 2.63. The van der Waals surface area contributed by atoms with Gasteiger partial charge >= 0.3 is 0 Å². The number of hydrogen-bond donors (Lipinski definition) is 3. The number of aliphatic hydroxyl groups excluding tert-OH is 1. The van der Waals surface area contributed by atoms with Gasteiger partial charge < -0.3 is 10.8 Å². The summed E-state index contributed by atoms with van der Waals surface area (Å²) < 4.78 is 0. The van der Waals surface area contributed by atoms with Crippen molar-refractivity contribution < 1.29 is 5.11 Å². The van der Waals surface area contributed by atoms with Gasteiger partial charge in [-0.15, -0.1) is 0 Å². The van der Waals surface area contributed by atoms with Gasteiger partial charge in [-0.1, -0.05) is 36.0 Å². The second kappa shape index (κ2) is 4.89. The number of aliphatic hydroxyl groups is 1. The topological polar surface area (TPSA) is 70.1 Å². The minimum Gasteiger partial charge on any atom is -0.392 e. The highest BCUT2D eigenvalue weighted by molar-refractivity contribution is 8.13. The third-order valence-corrected chi connectivity index (χ3v) is 2.39. The van der Waals surface area contributed by atoms with E-state index in [1.807, 2.05) is 24.3 Å². The highest BCUT2D eigenvalue weighted by atomic mass is 32.2. The molecule has 0 spiro atoms. The molecule has 1 aromatic carbocycles. The quantitative estimate of drug-likeness (QED) is 0.504. The maximum Gasteiger partial charge on any atom is 0.151 e. The van der Waals surface area contributed by atoms with Crippen molar-refractivity contribution in [2.24, 2.45) is 5.73 Å². The monoisotopic (exact) mass is 196 g/mol. The van der Waals surface area contributed by atoms with Crippen molar-refractivity contribution in [1.29, 1.82) is 5.41 Å². The van der Waals surface area contributed by atoms with Gasteiger partial charge in [0, 0.05) is 5.75 Å². The number of nitrogens with two attached hydrogens (primary N) is 1. The summed E-state index contributed by atoms with van der Waals surface area (Å²) in [6, 6.07) is 7.61. The van der Waals surface area contributed by atoms with Gasteiger partial charge in [0.1, 0.15) is 0 Å². The maximum atomic E-state index is 8.79. The molecular weight excluding hydrogens is 184 g/mol. The van der Waals surface area contributed by atoms with Gasteiger partial charge in [0.2, 0.25) is 0 Å². The predicted octanol–water partition coefficient (Wildman–Crippen LogP) is 1.31. The van der Waals surface area contributed by atoms with Gasteiger partial charge in [-0.25, -0.2) is 0 Å². The summed E-state index contributed by atoms with van der Waals surface area (Å²) in [5, 5.41) is 15.9. The molecule has 0 unspecified atom stereocenters. The Hall–Kier alpha value is -1.00. The fraction of sp³-hybridized carbons (Fsp3) is 0.222. The average Bonchev–Trinajstić information content (AvgIpc) is 2.15. The molecule has 70 valence electrons. The number of benzene rings is 1. The van der Waals surface area contributed by atoms with Crippen LogP contribution in [-0.2, 0) is 12.4 Å². The third-order valence-electron chi connectivity index (χ3n) is 1.60. The van der Waals surface area contributed by atoms with Crippen molar-refractivity contribution in [1.82, 2.24) is 0 Å². The predicted molar refractivity (Wildman–Crippen MR) is 55.6 cm³/mol. The van der Waals surface area contributed by atoms with Crippen LogP contribution >= 0.6 is 11.8 Å². The van der Waals surface area contributed by atoms with E-state index in [2.05, 4.69) is 0 Å². The molecule has 0 aliphatic rings. The Morgan fingerprint density at radius 3 is 2.31 bits per heavy atom. The number of thioether (sulfide) groups is 1. The molecule has 3 nitrogen and oxygen atoms in total. The molecule has 4 heteroatoms. The Bertz CT molecular complexity index is 284. The lowest BCUT2D eigenvalue weighted by molar-refractivity contribution is 0.282. The molecule has 0 radical (unpaired) electrons. The normalized spacial score (nSPS) is 9.92. The fourth-order valence-corrected chi connectivity index (χ4v) is 1.42. The van der Waals surface area contributed by atoms with E-state index in [0.717, 1.165) is 11.1 Å². The van der Waals surface area contributed by atoms with Crippen LogP contribution < -0.4 is 5.73 Å². The van der Waals surface area contributed by atoms with E-state index in [1.165, 1.54) is 11.8 Å². The summed E-state index contributed by atoms with van der Waals surface area (Å²) in [6.45, 7) is 0.0696. The van der Waals surface area contributed by atoms with Gasteiger partial charge in [-0.3, -0.25) is 5.41 Å². The van der Waals surface area contributed by atoms with Gasteiger partial charge in [0.25, 0.3) is 0 Å². The Morgan fingerprint density at radius 2 is 1.85 bits per heavy atom. The first kappa shape index (κ1) is 10.1. The van der Waals surface area contributed by atoms with Crippen LogP contribution in [0.25, 0.3) is 0 Å². The first-order chi connectivity index (χ1) is 6.22. The molecule has 0 aromatic heterocycles. The smallest absolute Gasteiger partial charge is 0.151 e. The van der Waals surface area contributed by atoms with Crippen LogP contribution in [0.3, 0.4) is 0 Å². The number of amidine groups is 1. The van der Waals surface area contributed by atoms with E-state index in [-0.39, 0.29) is 11.8 Å². The van der Waals surface area contributed by atoms with Crippen LogP contribution in [0, 0.1) is 5.41 Å². The van der Waals surface area contributed by atoms with Crippen molar-refractivity contribution in [3.63, 3.8) is 0 Å². The first-order valence-electron chi connectivity index (χ1n) is 3.88. The molecule has 0 saturated carbocycles. The van der Waals surface area contributed by atoms with E-state index in [0.29, 0.717) is 5.75 Å². The van der Waals surface area contributed by atoms with Gasteiger partial charge in [-0.2, -0.15) is 0 Å². The van der Waals surface area contributed by atoms with Crippen LogP contribution in [0.15, 0.2) is 24.3 Å². The molecule has 0 atom stereocenters. The minimum absolute atomic E-state index is 0.0696. The summed E-state index contributed by atoms with van der Waals surface area (Å²) >= 11 is 1.30. The lowest BCUT2D eigenvalue weighted by atomic mass is 10.2. The fourth-order valence-electron chi connectivity index (χ4n) is 0.902. The van der Waals surface area contributed by atoms with Crippen molar-refractivity contribution in [2.75, 3.05) is 0 Å². The van der Waals surface area contributed by atoms with Crippen molar-refractivity contribution >= 4 is 16.9 Å². The van der Waals surface area contributed by atoms with Crippen molar-refractivity contribution in [3.05, 3.63) is 35.4 Å². The third kappa shape index (κ3) is 3.48. The highest BCUT2D eigenvalue weighted by Crippen LogP contribution is 2.12. The van der Waals surface area contributed by atoms with Crippen LogP contribution in [0.4, 0.5) is 0 Å². The number of nitrogens with one attached hydrogen (secondary N) is 1. The highest BCUT2D eigenvalue weighted by Gasteiger charge is 1.95. The molecule has 0 bridgehead atoms. The molecule has 1 rings (SSSR count). The maximum absolute atomic E-state index is 8.79. The second-order valence-corrected chi connectivity index (χ2v) is 3.64. The summed E-state index contributed by atoms with van der Waals surface area (Å²) in [4.78, 5) is 0. The van der Waals surface area contributed by atoms with Crippen LogP contribution in [0.1, 0.15) is 11.1 Å². The van der Waals surface area contributed by atoms with E-state index >= 15 is 0 Å². The summed E-state index contributed by atoms with van der Waals surface area (Å²) in [6.07, 6.45) is 0. The van der Waals surface area contributed by atoms with Gasteiger partial charge in [-0.05, 0) is 11.1 Å². The van der Waals surface area contributed by atoms with E-state index in [1.54, 1.807) is 0 Å². The zero-order chi connectivity index (χ0) is 9.68. The minimum atomic E-state index is 0.0696. The largest absolute Gasteiger partial charge is 0.392 e. The SMILES string of the molecule is N=C(N)SCc1ccc(CO)cc1. The lowest BCUT2D eigenvalue weighted by Crippen LogP contribution is -2.03. The summed E-state index contributed by atoms with van der Waals surface area (Å²) in [7, 11) is 0. The molecule has 1 aromatic rings. The molecular formula is C9H12N2OS. The Balaban J connectivity index is 2.54. The van der Waals surface area contributed by atoms with E-state index in [4.69, 9.17) is 16.2 Å². The Kier molecular flexibility index (Phi) is 3.79. The Labute approximate surface area is 81.5 Å². The zero-order valence-electron chi connectivity index (χ0n) is 7.16. The lowest BCUT2D eigenvalue weighted by Gasteiger charge is -2.00. The first-order valence-corrected chi connectivity index (χ1v) is 4.86. The molecule has 0 saturated heterocycles. The average molecular weight is 196 g/mol. The molecule has 0 aliphatic carbocycles. The number of rotatable bonds is 3. The molecule has 0 heterocycles. The molecule has 0 fully saturated rings. The van der Waals surface area contributed by atoms with Crippen molar-refractivity contribution in [3.8, 4) is 0 Å². The standard InChI is InChI=1S/C9H12N2OS/c10-9(11)13-6-8-3-1-7(5-12)2-4-8/h1-4,12H,5-6H2,(H3,10,11). The molecule has 13 heavy (non-hydrogen) atoms. The Morgan fingerprint density at radius 1 is 1.31 bits per heavy atom. The molecule has 0 aliphatic heterocycles. The van der Waals surface area contributed by atoms with Crippen LogP contribution in [-0.4, -0.2) is 10.3 Å². The van der Waals surface area contributed by atoms with E-state index in [9.17, 15) is 0 Å². The van der Waals surface area contributed by atoms with Gasteiger partial charge in [0.15, 0.2) is 5.17 Å².